The van der Waals surface area contributed by atoms with Crippen molar-refractivity contribution in [3.05, 3.63) is 33.9 Å². The molecule has 1 heterocycles. The molecule has 2 atom stereocenters. The van der Waals surface area contributed by atoms with E-state index in [9.17, 15) is 20.0 Å². The highest BCUT2D eigenvalue weighted by Gasteiger charge is 2.33. The van der Waals surface area contributed by atoms with Crippen LogP contribution in [0.2, 0.25) is 0 Å². The van der Waals surface area contributed by atoms with Crippen molar-refractivity contribution in [2.45, 2.75) is 39.2 Å². The Kier molecular flexibility index (Phi) is 4.45. The summed E-state index contributed by atoms with van der Waals surface area (Å²) in [7, 11) is 0. The maximum Gasteiger partial charge on any atom is 0.326 e. The Hall–Kier alpha value is -2.11. The fraction of sp³-hybridized carbons (Fsp3) is 0.533. The maximum atomic E-state index is 11.5. The molecule has 0 amide bonds. The lowest BCUT2D eigenvalue weighted by Crippen LogP contribution is -2.47. The monoisotopic (exact) mass is 292 g/mol. The fourth-order valence-corrected chi connectivity index (χ4v) is 2.97. The van der Waals surface area contributed by atoms with Gasteiger partial charge in [0.15, 0.2) is 0 Å². The van der Waals surface area contributed by atoms with Gasteiger partial charge >= 0.3 is 5.97 Å². The second kappa shape index (κ2) is 6.11. The molecule has 1 saturated heterocycles. The summed E-state index contributed by atoms with van der Waals surface area (Å²) in [5.74, 6) is -0.459. The van der Waals surface area contributed by atoms with Crippen molar-refractivity contribution in [3.8, 4) is 0 Å². The minimum absolute atomic E-state index is 0.00625. The Morgan fingerprint density at radius 3 is 2.76 bits per heavy atom. The zero-order valence-electron chi connectivity index (χ0n) is 12.3. The van der Waals surface area contributed by atoms with Crippen molar-refractivity contribution in [1.29, 1.82) is 0 Å². The number of carboxylic acids is 1. The van der Waals surface area contributed by atoms with Crippen LogP contribution in [-0.4, -0.2) is 28.6 Å². The van der Waals surface area contributed by atoms with Crippen molar-refractivity contribution >= 4 is 17.3 Å². The largest absolute Gasteiger partial charge is 0.480 e. The molecule has 1 aromatic rings. The van der Waals surface area contributed by atoms with Crippen LogP contribution in [0.25, 0.3) is 0 Å². The number of nitrogens with zero attached hydrogens (tertiary/aromatic N) is 2. The van der Waals surface area contributed by atoms with E-state index in [1.165, 1.54) is 12.1 Å². The summed E-state index contributed by atoms with van der Waals surface area (Å²) in [4.78, 5) is 23.8. The van der Waals surface area contributed by atoms with E-state index in [2.05, 4.69) is 6.92 Å². The molecule has 21 heavy (non-hydrogen) atoms. The lowest BCUT2D eigenvalue weighted by molar-refractivity contribution is -0.384. The molecule has 1 N–H and O–H groups in total. The van der Waals surface area contributed by atoms with Crippen LogP contribution < -0.4 is 4.90 Å². The van der Waals surface area contributed by atoms with E-state index in [0.717, 1.165) is 18.4 Å². The van der Waals surface area contributed by atoms with Crippen LogP contribution in [0, 0.1) is 23.0 Å². The Labute approximate surface area is 123 Å². The topological polar surface area (TPSA) is 83.7 Å². The van der Waals surface area contributed by atoms with Gasteiger partial charge in [0.2, 0.25) is 0 Å². The minimum atomic E-state index is -0.864. The number of nitro groups is 1. The quantitative estimate of drug-likeness (QED) is 0.681. The average molecular weight is 292 g/mol. The summed E-state index contributed by atoms with van der Waals surface area (Å²) in [6.45, 7) is 4.47. The van der Waals surface area contributed by atoms with Gasteiger partial charge in [-0.1, -0.05) is 13.3 Å². The predicted octanol–water partition coefficient (Wildman–Crippen LogP) is 2.98. The molecule has 1 aromatic carbocycles. The van der Waals surface area contributed by atoms with Gasteiger partial charge < -0.3 is 10.0 Å². The smallest absolute Gasteiger partial charge is 0.326 e. The second-order valence-electron chi connectivity index (χ2n) is 5.63. The summed E-state index contributed by atoms with van der Waals surface area (Å²) in [6.07, 6.45) is 2.47. The second-order valence-corrected chi connectivity index (χ2v) is 5.63. The molecule has 114 valence electrons. The summed E-state index contributed by atoms with van der Waals surface area (Å²) in [5.41, 5.74) is 1.40. The molecule has 0 aromatic heterocycles. The van der Waals surface area contributed by atoms with Gasteiger partial charge in [0.1, 0.15) is 6.04 Å². The number of benzene rings is 1. The van der Waals surface area contributed by atoms with Gasteiger partial charge in [-0.3, -0.25) is 10.1 Å². The summed E-state index contributed by atoms with van der Waals surface area (Å²) >= 11 is 0. The van der Waals surface area contributed by atoms with Crippen molar-refractivity contribution in [2.24, 2.45) is 5.92 Å². The van der Waals surface area contributed by atoms with E-state index in [4.69, 9.17) is 0 Å². The number of hydrogen-bond donors (Lipinski definition) is 1. The number of piperidine rings is 1. The van der Waals surface area contributed by atoms with Crippen LogP contribution in [0.3, 0.4) is 0 Å². The third-order valence-electron chi connectivity index (χ3n) is 4.16. The molecule has 0 bridgehead atoms. The zero-order valence-corrected chi connectivity index (χ0v) is 12.3. The molecule has 0 aliphatic carbocycles. The lowest BCUT2D eigenvalue weighted by atomic mass is 9.88. The molecule has 1 aliphatic heterocycles. The minimum Gasteiger partial charge on any atom is -0.480 e. The predicted molar refractivity (Wildman–Crippen MR) is 79.6 cm³/mol. The SMILES string of the molecule is CCC1CCN(c2cc(C)cc([N+](=O)[O-])c2)C(C(=O)O)C1. The van der Waals surface area contributed by atoms with Gasteiger partial charge in [0, 0.05) is 24.4 Å². The van der Waals surface area contributed by atoms with Crippen molar-refractivity contribution in [3.63, 3.8) is 0 Å². The number of hydrogen-bond acceptors (Lipinski definition) is 4. The molecule has 1 aliphatic rings. The zero-order chi connectivity index (χ0) is 15.6. The molecule has 2 unspecified atom stereocenters. The summed E-state index contributed by atoms with van der Waals surface area (Å²) < 4.78 is 0. The molecular formula is C15H20N2O4. The molecule has 2 rings (SSSR count). The Bertz CT molecular complexity index is 559. The van der Waals surface area contributed by atoms with Gasteiger partial charge in [0.25, 0.3) is 5.69 Å². The molecule has 6 nitrogen and oxygen atoms in total. The number of aliphatic carboxylic acids is 1. The molecular weight excluding hydrogens is 272 g/mol. The average Bonchev–Trinajstić information content (AvgIpc) is 2.45. The number of anilines is 1. The Balaban J connectivity index is 2.35. The standard InChI is InChI=1S/C15H20N2O4/c1-3-11-4-5-16(14(8-11)15(18)19)12-6-10(2)7-13(9-12)17(20)21/h6-7,9,11,14H,3-5,8H2,1-2H3,(H,18,19). The number of non-ortho nitro benzene ring substituents is 1. The number of carboxylic acid groups (broad SMARTS) is 1. The fourth-order valence-electron chi connectivity index (χ4n) is 2.97. The van der Waals surface area contributed by atoms with Crippen LogP contribution in [-0.2, 0) is 4.79 Å². The highest BCUT2D eigenvalue weighted by Crippen LogP contribution is 2.32. The summed E-state index contributed by atoms with van der Waals surface area (Å²) in [5, 5.41) is 20.4. The van der Waals surface area contributed by atoms with Crippen LogP contribution in [0.5, 0.6) is 0 Å². The Morgan fingerprint density at radius 1 is 1.48 bits per heavy atom. The normalized spacial score (nSPS) is 22.1. The van der Waals surface area contributed by atoms with Crippen molar-refractivity contribution in [1.82, 2.24) is 0 Å². The highest BCUT2D eigenvalue weighted by atomic mass is 16.6. The number of nitro benzene ring substituents is 1. The van der Waals surface area contributed by atoms with E-state index in [1.54, 1.807) is 11.8 Å². The van der Waals surface area contributed by atoms with Gasteiger partial charge in [-0.25, -0.2) is 4.79 Å². The van der Waals surface area contributed by atoms with Gasteiger partial charge in [0.05, 0.1) is 4.92 Å². The molecule has 0 radical (unpaired) electrons. The van der Waals surface area contributed by atoms with Crippen molar-refractivity contribution in [2.75, 3.05) is 11.4 Å². The van der Waals surface area contributed by atoms with Crippen LogP contribution in [0.15, 0.2) is 18.2 Å². The van der Waals surface area contributed by atoms with Crippen LogP contribution in [0.4, 0.5) is 11.4 Å². The van der Waals surface area contributed by atoms with Crippen molar-refractivity contribution < 1.29 is 14.8 Å². The van der Waals surface area contributed by atoms with Crippen LogP contribution in [0.1, 0.15) is 31.7 Å². The first-order valence-electron chi connectivity index (χ1n) is 7.18. The maximum absolute atomic E-state index is 11.5. The number of rotatable bonds is 4. The van der Waals surface area contributed by atoms with E-state index in [0.29, 0.717) is 24.6 Å². The highest BCUT2D eigenvalue weighted by molar-refractivity contribution is 5.79. The van der Waals surface area contributed by atoms with E-state index in [-0.39, 0.29) is 5.69 Å². The van der Waals surface area contributed by atoms with Gasteiger partial charge in [-0.2, -0.15) is 0 Å². The Morgan fingerprint density at radius 2 is 2.19 bits per heavy atom. The van der Waals surface area contributed by atoms with E-state index >= 15 is 0 Å². The van der Waals surface area contributed by atoms with Gasteiger partial charge in [-0.05, 0) is 37.3 Å². The first-order chi connectivity index (χ1) is 9.92. The van der Waals surface area contributed by atoms with Crippen LogP contribution >= 0.6 is 0 Å². The van der Waals surface area contributed by atoms with E-state index < -0.39 is 16.9 Å². The molecule has 0 saturated carbocycles. The third kappa shape index (κ3) is 3.32. The summed E-state index contributed by atoms with van der Waals surface area (Å²) in [6, 6.07) is 4.17. The first-order valence-corrected chi connectivity index (χ1v) is 7.18. The molecule has 1 fully saturated rings. The molecule has 0 spiro atoms. The number of aryl methyl sites for hydroxylation is 1. The molecule has 6 heteroatoms. The van der Waals surface area contributed by atoms with E-state index in [1.807, 2.05) is 6.07 Å². The number of carbonyl (C=O) groups is 1. The first kappa shape index (κ1) is 15.3. The third-order valence-corrected chi connectivity index (χ3v) is 4.16. The lowest BCUT2D eigenvalue weighted by Gasteiger charge is -2.38. The van der Waals surface area contributed by atoms with Gasteiger partial charge in [-0.15, -0.1) is 0 Å².